The third kappa shape index (κ3) is 5.17. The van der Waals surface area contributed by atoms with E-state index in [0.717, 1.165) is 5.69 Å². The first-order valence-corrected chi connectivity index (χ1v) is 10.4. The van der Waals surface area contributed by atoms with Gasteiger partial charge in [0.25, 0.3) is 0 Å². The fourth-order valence-corrected chi connectivity index (χ4v) is 3.50. The molecule has 33 heavy (non-hydrogen) atoms. The first-order valence-electron chi connectivity index (χ1n) is 10.4. The van der Waals surface area contributed by atoms with Crippen molar-refractivity contribution < 1.29 is 23.9 Å². The van der Waals surface area contributed by atoms with Gasteiger partial charge in [-0.05, 0) is 31.2 Å². The second kappa shape index (κ2) is 9.94. The summed E-state index contributed by atoms with van der Waals surface area (Å²) in [5.41, 5.74) is 0.548. The molecular weight excluding hydrogens is 432 g/mol. The van der Waals surface area contributed by atoms with E-state index in [2.05, 4.69) is 15.0 Å². The van der Waals surface area contributed by atoms with Crippen LogP contribution >= 0.6 is 0 Å². The Bertz CT molecular complexity index is 1100. The summed E-state index contributed by atoms with van der Waals surface area (Å²) in [6.07, 6.45) is 6.33. The third-order valence-electron chi connectivity index (χ3n) is 5.07. The lowest BCUT2D eigenvalue weighted by Crippen LogP contribution is -2.38. The van der Waals surface area contributed by atoms with Gasteiger partial charge in [0.2, 0.25) is 5.82 Å². The highest BCUT2D eigenvalue weighted by atomic mass is 16.7. The van der Waals surface area contributed by atoms with Crippen molar-refractivity contribution in [3.05, 3.63) is 59.4 Å². The molecule has 3 heterocycles. The van der Waals surface area contributed by atoms with Crippen LogP contribution in [-0.4, -0.2) is 56.4 Å². The molecule has 1 aliphatic rings. The van der Waals surface area contributed by atoms with Gasteiger partial charge in [-0.25, -0.2) is 14.8 Å². The van der Waals surface area contributed by atoms with Crippen LogP contribution in [0, 0.1) is 10.1 Å². The fourth-order valence-electron chi connectivity index (χ4n) is 3.50. The third-order valence-corrected chi connectivity index (χ3v) is 5.07. The highest BCUT2D eigenvalue weighted by Gasteiger charge is 2.32. The predicted octanol–water partition coefficient (Wildman–Crippen LogP) is 3.50. The molecule has 1 aromatic carbocycles. The molecule has 3 aromatic rings. The van der Waals surface area contributed by atoms with Gasteiger partial charge in [-0.2, -0.15) is 4.98 Å². The second-order valence-corrected chi connectivity index (χ2v) is 7.16. The van der Waals surface area contributed by atoms with E-state index in [9.17, 15) is 14.9 Å². The normalized spacial score (nSPS) is 14.0. The van der Waals surface area contributed by atoms with E-state index in [1.807, 2.05) is 4.57 Å². The molecule has 12 heteroatoms. The SMILES string of the molecule is CCOC(=O)OC1CCN(c2ncnc(Oc3ccc(-n4ccnc4)cc3)c2[N+](=O)[O-])CC1. The van der Waals surface area contributed by atoms with Crippen molar-refractivity contribution in [2.75, 3.05) is 24.6 Å². The Morgan fingerprint density at radius 3 is 2.61 bits per heavy atom. The minimum atomic E-state index is -0.710. The molecule has 2 aromatic heterocycles. The number of rotatable bonds is 7. The average Bonchev–Trinajstić information content (AvgIpc) is 3.35. The van der Waals surface area contributed by atoms with Gasteiger partial charge in [-0.3, -0.25) is 10.1 Å². The summed E-state index contributed by atoms with van der Waals surface area (Å²) in [7, 11) is 0. The summed E-state index contributed by atoms with van der Waals surface area (Å²) in [4.78, 5) is 36.8. The topological polar surface area (TPSA) is 135 Å². The molecule has 0 saturated carbocycles. The number of piperidine rings is 1. The standard InChI is InChI=1S/C21H22N6O6/c1-2-31-21(28)33-17-7-10-25(11-8-17)19-18(27(29)30)20(24-13-23-19)32-16-5-3-15(4-6-16)26-12-9-22-14-26/h3-6,9,12-14,17H,2,7-8,10-11H2,1H3. The largest absolute Gasteiger partial charge is 0.508 e. The molecule has 0 spiro atoms. The summed E-state index contributed by atoms with van der Waals surface area (Å²) >= 11 is 0. The van der Waals surface area contributed by atoms with Crippen molar-refractivity contribution in [2.45, 2.75) is 25.9 Å². The second-order valence-electron chi connectivity index (χ2n) is 7.16. The zero-order chi connectivity index (χ0) is 23.2. The molecule has 0 aliphatic carbocycles. The molecule has 12 nitrogen and oxygen atoms in total. The van der Waals surface area contributed by atoms with Crippen LogP contribution in [0.5, 0.6) is 11.6 Å². The van der Waals surface area contributed by atoms with Crippen molar-refractivity contribution in [2.24, 2.45) is 0 Å². The van der Waals surface area contributed by atoms with Crippen LogP contribution in [0.4, 0.5) is 16.3 Å². The average molecular weight is 454 g/mol. The number of ether oxygens (including phenoxy) is 3. The number of aromatic nitrogens is 4. The Kier molecular flexibility index (Phi) is 6.62. The van der Waals surface area contributed by atoms with Crippen LogP contribution in [0.25, 0.3) is 5.69 Å². The Hall–Kier alpha value is -4.22. The fraction of sp³-hybridized carbons (Fsp3) is 0.333. The number of benzene rings is 1. The Morgan fingerprint density at radius 2 is 1.97 bits per heavy atom. The summed E-state index contributed by atoms with van der Waals surface area (Å²) in [6.45, 7) is 2.77. The van der Waals surface area contributed by atoms with Gasteiger partial charge in [0.05, 0.1) is 17.9 Å². The maximum absolute atomic E-state index is 11.9. The van der Waals surface area contributed by atoms with Gasteiger partial charge >= 0.3 is 17.7 Å². The zero-order valence-electron chi connectivity index (χ0n) is 17.9. The quantitative estimate of drug-likeness (QED) is 0.296. The minimum absolute atomic E-state index is 0.148. The van der Waals surface area contributed by atoms with E-state index in [4.69, 9.17) is 14.2 Å². The highest BCUT2D eigenvalue weighted by Crippen LogP contribution is 2.37. The Morgan fingerprint density at radius 1 is 1.21 bits per heavy atom. The van der Waals surface area contributed by atoms with Gasteiger partial charge in [-0.1, -0.05) is 0 Å². The Balaban J connectivity index is 1.48. The summed E-state index contributed by atoms with van der Waals surface area (Å²) in [5, 5.41) is 11.9. The molecule has 0 radical (unpaired) electrons. The lowest BCUT2D eigenvalue weighted by atomic mass is 10.1. The molecule has 172 valence electrons. The number of hydrogen-bond acceptors (Lipinski definition) is 10. The first kappa shape index (κ1) is 22.0. The number of nitrogens with zero attached hydrogens (tertiary/aromatic N) is 6. The molecule has 1 fully saturated rings. The van der Waals surface area contributed by atoms with Crippen LogP contribution in [0.3, 0.4) is 0 Å². The smallest absolute Gasteiger partial charge is 0.435 e. The van der Waals surface area contributed by atoms with E-state index >= 15 is 0 Å². The van der Waals surface area contributed by atoms with Crippen LogP contribution in [0.1, 0.15) is 19.8 Å². The van der Waals surface area contributed by atoms with E-state index in [-0.39, 0.29) is 30.1 Å². The van der Waals surface area contributed by atoms with Crippen molar-refractivity contribution >= 4 is 17.7 Å². The van der Waals surface area contributed by atoms with E-state index in [1.165, 1.54) is 6.33 Å². The lowest BCUT2D eigenvalue weighted by molar-refractivity contribution is -0.385. The summed E-state index contributed by atoms with van der Waals surface area (Å²) in [5.74, 6) is 0.410. The van der Waals surface area contributed by atoms with Crippen LogP contribution < -0.4 is 9.64 Å². The van der Waals surface area contributed by atoms with Gasteiger partial charge < -0.3 is 23.7 Å². The molecule has 0 atom stereocenters. The number of carbonyl (C=O) groups is 1. The molecule has 0 amide bonds. The summed E-state index contributed by atoms with van der Waals surface area (Å²) in [6, 6.07) is 7.00. The molecule has 0 N–H and O–H groups in total. The molecule has 1 aliphatic heterocycles. The number of hydrogen-bond donors (Lipinski definition) is 0. The monoisotopic (exact) mass is 454 g/mol. The van der Waals surface area contributed by atoms with Crippen molar-refractivity contribution in [3.8, 4) is 17.3 Å². The molecule has 0 unspecified atom stereocenters. The maximum atomic E-state index is 11.9. The van der Waals surface area contributed by atoms with E-state index < -0.39 is 11.1 Å². The highest BCUT2D eigenvalue weighted by molar-refractivity contribution is 5.64. The molecular formula is C21H22N6O6. The zero-order valence-corrected chi connectivity index (χ0v) is 17.9. The van der Waals surface area contributed by atoms with E-state index in [0.29, 0.717) is 31.7 Å². The molecule has 4 rings (SSSR count). The number of anilines is 1. The van der Waals surface area contributed by atoms with Crippen molar-refractivity contribution in [1.82, 2.24) is 19.5 Å². The van der Waals surface area contributed by atoms with Gasteiger partial charge in [-0.15, -0.1) is 0 Å². The maximum Gasteiger partial charge on any atom is 0.508 e. The van der Waals surface area contributed by atoms with Gasteiger partial charge in [0.15, 0.2) is 0 Å². The van der Waals surface area contributed by atoms with Crippen molar-refractivity contribution in [1.29, 1.82) is 0 Å². The first-order chi connectivity index (χ1) is 16.0. The van der Waals surface area contributed by atoms with Crippen LogP contribution in [-0.2, 0) is 9.47 Å². The van der Waals surface area contributed by atoms with Crippen LogP contribution in [0.2, 0.25) is 0 Å². The Labute approximate surface area is 188 Å². The predicted molar refractivity (Wildman–Crippen MR) is 116 cm³/mol. The molecule has 1 saturated heterocycles. The van der Waals surface area contributed by atoms with Crippen LogP contribution in [0.15, 0.2) is 49.3 Å². The number of carbonyl (C=O) groups excluding carboxylic acids is 1. The number of imidazole rings is 1. The van der Waals surface area contributed by atoms with Crippen molar-refractivity contribution in [3.63, 3.8) is 0 Å². The molecule has 0 bridgehead atoms. The number of nitro groups is 1. The lowest BCUT2D eigenvalue weighted by Gasteiger charge is -2.31. The summed E-state index contributed by atoms with van der Waals surface area (Å²) < 4.78 is 17.6. The minimum Gasteiger partial charge on any atom is -0.435 e. The van der Waals surface area contributed by atoms with E-state index in [1.54, 1.807) is 54.8 Å². The van der Waals surface area contributed by atoms with Gasteiger partial charge in [0, 0.05) is 44.0 Å². The van der Waals surface area contributed by atoms with Gasteiger partial charge in [0.1, 0.15) is 18.2 Å².